The minimum Gasteiger partial charge on any atom is -0.331 e. The lowest BCUT2D eigenvalue weighted by Gasteiger charge is -2.09. The summed E-state index contributed by atoms with van der Waals surface area (Å²) >= 11 is 5.13. The molecule has 0 atom stereocenters. The van der Waals surface area contributed by atoms with Crippen LogP contribution in [0.15, 0.2) is 29.4 Å². The molecule has 104 valence electrons. The van der Waals surface area contributed by atoms with Gasteiger partial charge in [-0.3, -0.25) is 5.43 Å². The number of nitrogens with one attached hydrogen (secondary N) is 2. The van der Waals surface area contributed by atoms with Crippen LogP contribution in [0.1, 0.15) is 39.5 Å². The number of anilines is 1. The van der Waals surface area contributed by atoms with Crippen LogP contribution in [-0.2, 0) is 0 Å². The van der Waals surface area contributed by atoms with Gasteiger partial charge in [-0.25, -0.2) is 4.39 Å². The Kier molecular flexibility index (Phi) is 7.03. The third kappa shape index (κ3) is 6.29. The van der Waals surface area contributed by atoms with Gasteiger partial charge in [-0.2, -0.15) is 5.10 Å². The summed E-state index contributed by atoms with van der Waals surface area (Å²) in [4.78, 5) is 0. The van der Waals surface area contributed by atoms with Crippen molar-refractivity contribution in [3.8, 4) is 0 Å². The lowest BCUT2D eigenvalue weighted by atomic mass is 10.1. The van der Waals surface area contributed by atoms with E-state index in [1.165, 1.54) is 12.1 Å². The summed E-state index contributed by atoms with van der Waals surface area (Å²) in [5.74, 6) is -0.268. The van der Waals surface area contributed by atoms with Gasteiger partial charge in [0.25, 0.3) is 0 Å². The number of nitrogens with zero attached hydrogens (tertiary/aromatic N) is 1. The maximum atomic E-state index is 12.7. The van der Waals surface area contributed by atoms with Crippen molar-refractivity contribution in [3.05, 3.63) is 30.1 Å². The van der Waals surface area contributed by atoms with Crippen molar-refractivity contribution in [2.75, 3.05) is 5.32 Å². The molecule has 0 saturated carbocycles. The molecule has 0 aromatic heterocycles. The van der Waals surface area contributed by atoms with E-state index in [0.717, 1.165) is 37.1 Å². The van der Waals surface area contributed by atoms with Gasteiger partial charge in [0.2, 0.25) is 0 Å². The largest absolute Gasteiger partial charge is 0.331 e. The summed E-state index contributed by atoms with van der Waals surface area (Å²) in [6.07, 6.45) is 4.08. The van der Waals surface area contributed by atoms with Crippen LogP contribution >= 0.6 is 12.2 Å². The fraction of sp³-hybridized carbons (Fsp3) is 0.429. The van der Waals surface area contributed by atoms with Crippen molar-refractivity contribution >= 4 is 28.7 Å². The van der Waals surface area contributed by atoms with E-state index >= 15 is 0 Å². The number of hydrogen-bond donors (Lipinski definition) is 2. The third-order valence-electron chi connectivity index (χ3n) is 2.49. The second-order valence-corrected chi connectivity index (χ2v) is 4.66. The summed E-state index contributed by atoms with van der Waals surface area (Å²) < 4.78 is 12.7. The minimum absolute atomic E-state index is 0.268. The molecule has 2 N–H and O–H groups in total. The maximum Gasteiger partial charge on any atom is 0.191 e. The van der Waals surface area contributed by atoms with Crippen molar-refractivity contribution in [3.63, 3.8) is 0 Å². The Hall–Kier alpha value is -1.49. The minimum atomic E-state index is -0.268. The van der Waals surface area contributed by atoms with Crippen LogP contribution in [0.2, 0.25) is 0 Å². The van der Waals surface area contributed by atoms with Crippen LogP contribution in [0.25, 0.3) is 0 Å². The first-order valence-corrected chi connectivity index (χ1v) is 6.94. The average Bonchev–Trinajstić information content (AvgIpc) is 2.39. The Labute approximate surface area is 119 Å². The monoisotopic (exact) mass is 281 g/mol. The second-order valence-electron chi connectivity index (χ2n) is 4.25. The van der Waals surface area contributed by atoms with Crippen molar-refractivity contribution < 1.29 is 4.39 Å². The molecule has 0 saturated heterocycles. The van der Waals surface area contributed by atoms with Crippen LogP contribution in [0, 0.1) is 5.82 Å². The topological polar surface area (TPSA) is 36.4 Å². The van der Waals surface area contributed by atoms with E-state index in [9.17, 15) is 4.39 Å². The van der Waals surface area contributed by atoms with E-state index in [-0.39, 0.29) is 5.82 Å². The van der Waals surface area contributed by atoms with Crippen LogP contribution < -0.4 is 10.7 Å². The first-order valence-electron chi connectivity index (χ1n) is 6.53. The molecule has 0 aliphatic rings. The normalized spacial score (nSPS) is 9.84. The molecule has 1 aromatic carbocycles. The zero-order valence-corrected chi connectivity index (χ0v) is 12.2. The van der Waals surface area contributed by atoms with Gasteiger partial charge < -0.3 is 5.32 Å². The highest BCUT2D eigenvalue weighted by atomic mass is 32.1. The van der Waals surface area contributed by atoms with E-state index in [1.54, 1.807) is 12.1 Å². The van der Waals surface area contributed by atoms with Gasteiger partial charge in [-0.05, 0) is 49.3 Å². The van der Waals surface area contributed by atoms with Crippen molar-refractivity contribution in [1.82, 2.24) is 5.43 Å². The predicted molar refractivity (Wildman–Crippen MR) is 83.0 cm³/mol. The molecule has 0 spiro atoms. The molecule has 0 aliphatic carbocycles. The molecule has 1 rings (SSSR count). The lowest BCUT2D eigenvalue weighted by molar-refractivity contribution is 0.628. The first kappa shape index (κ1) is 15.6. The number of hydrogen-bond acceptors (Lipinski definition) is 2. The number of thiocarbonyl (C=S) groups is 1. The Morgan fingerprint density at radius 2 is 1.74 bits per heavy atom. The average molecular weight is 281 g/mol. The number of rotatable bonds is 6. The highest BCUT2D eigenvalue weighted by Crippen LogP contribution is 2.08. The van der Waals surface area contributed by atoms with Crippen LogP contribution in [0.4, 0.5) is 10.1 Å². The molecule has 5 heteroatoms. The molecule has 0 bridgehead atoms. The first-order chi connectivity index (χ1) is 9.15. The smallest absolute Gasteiger partial charge is 0.191 e. The van der Waals surface area contributed by atoms with Crippen LogP contribution in [0.3, 0.4) is 0 Å². The quantitative estimate of drug-likeness (QED) is 0.469. The van der Waals surface area contributed by atoms with Crippen LogP contribution in [0.5, 0.6) is 0 Å². The van der Waals surface area contributed by atoms with E-state index in [1.807, 2.05) is 0 Å². The molecule has 0 aliphatic heterocycles. The fourth-order valence-electron chi connectivity index (χ4n) is 1.64. The van der Waals surface area contributed by atoms with Gasteiger partial charge >= 0.3 is 0 Å². The third-order valence-corrected chi connectivity index (χ3v) is 2.69. The fourth-order valence-corrected chi connectivity index (χ4v) is 1.80. The van der Waals surface area contributed by atoms with E-state index in [4.69, 9.17) is 12.2 Å². The highest BCUT2D eigenvalue weighted by Gasteiger charge is 1.99. The summed E-state index contributed by atoms with van der Waals surface area (Å²) in [6, 6.07) is 6.03. The molecule has 0 unspecified atom stereocenters. The molecule has 0 radical (unpaired) electrons. The summed E-state index contributed by atoms with van der Waals surface area (Å²) in [6.45, 7) is 4.25. The predicted octanol–water partition coefficient (Wildman–Crippen LogP) is 4.07. The standard InChI is InChI=1S/C14H20FN3S/c1-3-5-13(6-4-2)17-18-14(19)16-12-9-7-11(15)8-10-12/h7-10H,3-6H2,1-2H3,(H2,16,18,19). The van der Waals surface area contributed by atoms with Gasteiger partial charge in [0.15, 0.2) is 5.11 Å². The number of hydrazone groups is 1. The van der Waals surface area contributed by atoms with Gasteiger partial charge in [0.1, 0.15) is 5.82 Å². The Morgan fingerprint density at radius 1 is 1.16 bits per heavy atom. The Morgan fingerprint density at radius 3 is 2.26 bits per heavy atom. The van der Waals surface area contributed by atoms with Gasteiger partial charge in [-0.1, -0.05) is 26.7 Å². The SMILES string of the molecule is CCCC(CCC)=NNC(=S)Nc1ccc(F)cc1. The Bertz CT molecular complexity index is 421. The lowest BCUT2D eigenvalue weighted by Crippen LogP contribution is -2.25. The molecular weight excluding hydrogens is 261 g/mol. The van der Waals surface area contributed by atoms with Crippen molar-refractivity contribution in [2.24, 2.45) is 5.10 Å². The summed E-state index contributed by atoms with van der Waals surface area (Å²) in [5.41, 5.74) is 4.69. The summed E-state index contributed by atoms with van der Waals surface area (Å²) in [7, 11) is 0. The second kappa shape index (κ2) is 8.58. The zero-order chi connectivity index (χ0) is 14.1. The van der Waals surface area contributed by atoms with Crippen LogP contribution in [-0.4, -0.2) is 10.8 Å². The molecule has 1 aromatic rings. The summed E-state index contributed by atoms with van der Waals surface area (Å²) in [5, 5.41) is 7.67. The highest BCUT2D eigenvalue weighted by molar-refractivity contribution is 7.80. The van der Waals surface area contributed by atoms with E-state index in [2.05, 4.69) is 29.7 Å². The maximum absolute atomic E-state index is 12.7. The molecule has 3 nitrogen and oxygen atoms in total. The molecular formula is C14H20FN3S. The van der Waals surface area contributed by atoms with Crippen molar-refractivity contribution in [2.45, 2.75) is 39.5 Å². The molecule has 0 fully saturated rings. The molecule has 0 amide bonds. The van der Waals surface area contributed by atoms with E-state index in [0.29, 0.717) is 5.11 Å². The van der Waals surface area contributed by atoms with Gasteiger partial charge in [-0.15, -0.1) is 0 Å². The van der Waals surface area contributed by atoms with Gasteiger partial charge in [0, 0.05) is 11.4 Å². The molecule has 0 heterocycles. The van der Waals surface area contributed by atoms with E-state index < -0.39 is 0 Å². The number of benzene rings is 1. The number of halogens is 1. The van der Waals surface area contributed by atoms with Crippen molar-refractivity contribution in [1.29, 1.82) is 0 Å². The Balaban J connectivity index is 2.49. The zero-order valence-electron chi connectivity index (χ0n) is 11.4. The molecule has 19 heavy (non-hydrogen) atoms. The van der Waals surface area contributed by atoms with Gasteiger partial charge in [0.05, 0.1) is 0 Å².